The lowest BCUT2D eigenvalue weighted by molar-refractivity contribution is 0.431. The highest BCUT2D eigenvalue weighted by Gasteiger charge is 2.28. The first-order chi connectivity index (χ1) is 7.27. The van der Waals surface area contributed by atoms with Gasteiger partial charge in [0.15, 0.2) is 0 Å². The first kappa shape index (κ1) is 9.22. The van der Waals surface area contributed by atoms with Gasteiger partial charge in [-0.25, -0.2) is 0 Å². The Bertz CT molecular complexity index is 409. The van der Waals surface area contributed by atoms with Crippen LogP contribution in [0.1, 0.15) is 41.0 Å². The number of aromatic hydroxyl groups is 1. The average molecular weight is 203 g/mol. The summed E-state index contributed by atoms with van der Waals surface area (Å²) in [6.07, 6.45) is 3.55. The van der Waals surface area contributed by atoms with E-state index in [1.807, 2.05) is 6.92 Å². The standard InChI is InChI=1S/C13H17NO/c1-8-5-10-7-14-6-9-3-2-4-11(12(9)10)13(8)15/h5,9,14-15H,2-4,6-7H2,1H3. The summed E-state index contributed by atoms with van der Waals surface area (Å²) in [5, 5.41) is 13.6. The maximum Gasteiger partial charge on any atom is 0.121 e. The van der Waals surface area contributed by atoms with Crippen LogP contribution < -0.4 is 5.32 Å². The maximum absolute atomic E-state index is 10.1. The molecular formula is C13H17NO. The Morgan fingerprint density at radius 1 is 1.47 bits per heavy atom. The number of hydrogen-bond donors (Lipinski definition) is 2. The molecule has 2 nitrogen and oxygen atoms in total. The van der Waals surface area contributed by atoms with Crippen LogP contribution in [0.5, 0.6) is 5.75 Å². The molecule has 1 aromatic carbocycles. The molecule has 0 radical (unpaired) electrons. The van der Waals surface area contributed by atoms with Gasteiger partial charge in [-0.2, -0.15) is 0 Å². The van der Waals surface area contributed by atoms with Gasteiger partial charge in [0.2, 0.25) is 0 Å². The molecular weight excluding hydrogens is 186 g/mol. The number of benzene rings is 1. The molecule has 0 bridgehead atoms. The van der Waals surface area contributed by atoms with Crippen LogP contribution >= 0.6 is 0 Å². The fraction of sp³-hybridized carbons (Fsp3) is 0.538. The molecule has 0 fully saturated rings. The normalized spacial score (nSPS) is 23.7. The second kappa shape index (κ2) is 3.24. The van der Waals surface area contributed by atoms with Gasteiger partial charge in [0.1, 0.15) is 5.75 Å². The molecule has 0 spiro atoms. The third-order valence-electron chi connectivity index (χ3n) is 3.81. The van der Waals surface area contributed by atoms with Gasteiger partial charge in [0, 0.05) is 13.1 Å². The molecule has 3 rings (SSSR count). The van der Waals surface area contributed by atoms with Crippen LogP contribution in [0, 0.1) is 6.92 Å². The Hall–Kier alpha value is -1.02. The lowest BCUT2D eigenvalue weighted by Crippen LogP contribution is -2.31. The molecule has 0 saturated carbocycles. The van der Waals surface area contributed by atoms with E-state index in [2.05, 4.69) is 11.4 Å². The van der Waals surface area contributed by atoms with Crippen LogP contribution in [0.15, 0.2) is 6.07 Å². The Morgan fingerprint density at radius 3 is 3.20 bits per heavy atom. The molecule has 15 heavy (non-hydrogen) atoms. The topological polar surface area (TPSA) is 32.3 Å². The van der Waals surface area contributed by atoms with E-state index in [4.69, 9.17) is 0 Å². The highest BCUT2D eigenvalue weighted by Crippen LogP contribution is 2.41. The first-order valence-electron chi connectivity index (χ1n) is 5.82. The molecule has 2 aliphatic rings. The molecule has 1 unspecified atom stereocenters. The summed E-state index contributed by atoms with van der Waals surface area (Å²) in [7, 11) is 0. The zero-order valence-corrected chi connectivity index (χ0v) is 9.14. The van der Waals surface area contributed by atoms with Gasteiger partial charge in [-0.15, -0.1) is 0 Å². The smallest absolute Gasteiger partial charge is 0.121 e. The largest absolute Gasteiger partial charge is 0.507 e. The summed E-state index contributed by atoms with van der Waals surface area (Å²) >= 11 is 0. The lowest BCUT2D eigenvalue weighted by Gasteiger charge is -2.33. The highest BCUT2D eigenvalue weighted by atomic mass is 16.3. The molecule has 1 aliphatic carbocycles. The van der Waals surface area contributed by atoms with Crippen LogP contribution in [0.4, 0.5) is 0 Å². The zero-order chi connectivity index (χ0) is 10.4. The van der Waals surface area contributed by atoms with E-state index in [0.29, 0.717) is 11.7 Å². The van der Waals surface area contributed by atoms with E-state index in [1.165, 1.54) is 29.5 Å². The summed E-state index contributed by atoms with van der Waals surface area (Å²) in [5.74, 6) is 1.20. The van der Waals surface area contributed by atoms with Crippen molar-refractivity contribution >= 4 is 0 Å². The van der Waals surface area contributed by atoms with Crippen molar-refractivity contribution in [3.8, 4) is 5.75 Å². The molecule has 0 saturated heterocycles. The van der Waals surface area contributed by atoms with E-state index in [1.54, 1.807) is 0 Å². The molecule has 1 heterocycles. The summed E-state index contributed by atoms with van der Waals surface area (Å²) in [6, 6.07) is 2.15. The average Bonchev–Trinajstić information content (AvgIpc) is 2.26. The van der Waals surface area contributed by atoms with Gasteiger partial charge in [0.25, 0.3) is 0 Å². The fourth-order valence-electron chi connectivity index (χ4n) is 3.13. The third-order valence-corrected chi connectivity index (χ3v) is 3.81. The van der Waals surface area contributed by atoms with Crippen molar-refractivity contribution < 1.29 is 5.11 Å². The van der Waals surface area contributed by atoms with Gasteiger partial charge in [-0.3, -0.25) is 0 Å². The first-order valence-corrected chi connectivity index (χ1v) is 5.82. The molecule has 0 aromatic heterocycles. The molecule has 1 aliphatic heterocycles. The van der Waals surface area contributed by atoms with Crippen LogP contribution in [-0.2, 0) is 13.0 Å². The molecule has 2 heteroatoms. The Kier molecular flexibility index (Phi) is 1.99. The number of aryl methyl sites for hydroxylation is 1. The minimum Gasteiger partial charge on any atom is -0.507 e. The second-order valence-corrected chi connectivity index (χ2v) is 4.81. The fourth-order valence-corrected chi connectivity index (χ4v) is 3.13. The molecule has 2 N–H and O–H groups in total. The number of hydrogen-bond acceptors (Lipinski definition) is 2. The molecule has 80 valence electrons. The van der Waals surface area contributed by atoms with Crippen molar-refractivity contribution in [1.29, 1.82) is 0 Å². The van der Waals surface area contributed by atoms with Crippen molar-refractivity contribution in [2.45, 2.75) is 38.6 Å². The number of nitrogens with one attached hydrogen (secondary N) is 1. The van der Waals surface area contributed by atoms with Crippen LogP contribution in [0.2, 0.25) is 0 Å². The van der Waals surface area contributed by atoms with Crippen molar-refractivity contribution in [2.75, 3.05) is 6.54 Å². The predicted octanol–water partition coefficient (Wildman–Crippen LogP) is 2.22. The SMILES string of the molecule is Cc1cc2c3c(c1O)CCCC3CNC2. The summed E-state index contributed by atoms with van der Waals surface area (Å²) in [5.41, 5.74) is 5.15. The van der Waals surface area contributed by atoms with Crippen molar-refractivity contribution in [3.63, 3.8) is 0 Å². The molecule has 1 aromatic rings. The maximum atomic E-state index is 10.1. The van der Waals surface area contributed by atoms with Gasteiger partial charge < -0.3 is 10.4 Å². The minimum atomic E-state index is 0.556. The summed E-state index contributed by atoms with van der Waals surface area (Å²) in [4.78, 5) is 0. The summed E-state index contributed by atoms with van der Waals surface area (Å²) in [6.45, 7) is 4.06. The van der Waals surface area contributed by atoms with Crippen molar-refractivity contribution in [3.05, 3.63) is 28.3 Å². The minimum absolute atomic E-state index is 0.556. The third kappa shape index (κ3) is 1.28. The monoisotopic (exact) mass is 203 g/mol. The number of rotatable bonds is 0. The van der Waals surface area contributed by atoms with Crippen LogP contribution in [-0.4, -0.2) is 11.7 Å². The zero-order valence-electron chi connectivity index (χ0n) is 9.14. The number of phenolic OH excluding ortho intramolecular Hbond substituents is 1. The highest BCUT2D eigenvalue weighted by molar-refractivity contribution is 5.52. The second-order valence-electron chi connectivity index (χ2n) is 4.81. The van der Waals surface area contributed by atoms with Gasteiger partial charge >= 0.3 is 0 Å². The van der Waals surface area contributed by atoms with E-state index in [9.17, 15) is 5.11 Å². The number of phenols is 1. The molecule has 1 atom stereocenters. The van der Waals surface area contributed by atoms with E-state index in [-0.39, 0.29) is 0 Å². The van der Waals surface area contributed by atoms with E-state index in [0.717, 1.165) is 25.1 Å². The quantitative estimate of drug-likeness (QED) is 0.677. The van der Waals surface area contributed by atoms with Crippen molar-refractivity contribution in [2.24, 2.45) is 0 Å². The van der Waals surface area contributed by atoms with Crippen molar-refractivity contribution in [1.82, 2.24) is 5.32 Å². The van der Waals surface area contributed by atoms with Crippen LogP contribution in [0.25, 0.3) is 0 Å². The van der Waals surface area contributed by atoms with E-state index >= 15 is 0 Å². The van der Waals surface area contributed by atoms with Gasteiger partial charge in [0.05, 0.1) is 0 Å². The lowest BCUT2D eigenvalue weighted by atomic mass is 9.77. The summed E-state index contributed by atoms with van der Waals surface area (Å²) < 4.78 is 0. The van der Waals surface area contributed by atoms with Gasteiger partial charge in [-0.05, 0) is 54.4 Å². The Balaban J connectivity index is 2.25. The predicted molar refractivity (Wildman–Crippen MR) is 60.2 cm³/mol. The molecule has 0 amide bonds. The van der Waals surface area contributed by atoms with Gasteiger partial charge in [-0.1, -0.05) is 6.07 Å². The Morgan fingerprint density at radius 2 is 2.33 bits per heavy atom. The van der Waals surface area contributed by atoms with Crippen LogP contribution in [0.3, 0.4) is 0 Å². The van der Waals surface area contributed by atoms with E-state index < -0.39 is 0 Å². The Labute approximate surface area is 90.3 Å².